The number of rotatable bonds is 4. The highest BCUT2D eigenvalue weighted by atomic mass is 16.2. The number of amides is 3. The van der Waals surface area contributed by atoms with Gasteiger partial charge in [-0.3, -0.25) is 15.0 Å². The molecule has 0 saturated carbocycles. The number of nitrogens with zero attached hydrogens (tertiary/aromatic N) is 4. The molecule has 1 aromatic carbocycles. The molecule has 3 amide bonds. The molecule has 130 valence electrons. The van der Waals surface area contributed by atoms with Crippen molar-refractivity contribution < 1.29 is 9.59 Å². The number of nitrogens with one attached hydrogen (secondary N) is 2. The summed E-state index contributed by atoms with van der Waals surface area (Å²) in [5.41, 5.74) is 0.643. The van der Waals surface area contributed by atoms with Crippen molar-refractivity contribution in [1.29, 1.82) is 0 Å². The Balaban J connectivity index is 1.41. The average molecular weight is 340 g/mol. The Bertz CT molecular complexity index is 702. The van der Waals surface area contributed by atoms with Gasteiger partial charge in [0.05, 0.1) is 6.54 Å². The van der Waals surface area contributed by atoms with Crippen molar-refractivity contribution in [2.24, 2.45) is 0 Å². The van der Waals surface area contributed by atoms with Crippen LogP contribution in [0.5, 0.6) is 0 Å². The minimum atomic E-state index is -0.521. The molecule has 0 radical (unpaired) electrons. The van der Waals surface area contributed by atoms with Gasteiger partial charge in [0.25, 0.3) is 0 Å². The van der Waals surface area contributed by atoms with Gasteiger partial charge in [0.1, 0.15) is 0 Å². The topological polar surface area (TPSA) is 90.5 Å². The molecule has 0 atom stereocenters. The van der Waals surface area contributed by atoms with E-state index in [0.717, 1.165) is 13.1 Å². The zero-order valence-corrected chi connectivity index (χ0v) is 13.8. The summed E-state index contributed by atoms with van der Waals surface area (Å²) in [7, 11) is 0. The van der Waals surface area contributed by atoms with Crippen LogP contribution in [0.4, 0.5) is 16.4 Å². The molecule has 1 aliphatic rings. The van der Waals surface area contributed by atoms with Crippen LogP contribution in [-0.2, 0) is 4.79 Å². The van der Waals surface area contributed by atoms with Gasteiger partial charge in [0.15, 0.2) is 0 Å². The molecule has 8 nitrogen and oxygen atoms in total. The molecule has 1 aliphatic heterocycles. The van der Waals surface area contributed by atoms with E-state index in [1.54, 1.807) is 30.6 Å². The third-order valence-corrected chi connectivity index (χ3v) is 3.86. The summed E-state index contributed by atoms with van der Waals surface area (Å²) in [5, 5.41) is 4.97. The number of urea groups is 1. The zero-order valence-electron chi connectivity index (χ0n) is 13.8. The van der Waals surface area contributed by atoms with Crippen LogP contribution in [0.3, 0.4) is 0 Å². The summed E-state index contributed by atoms with van der Waals surface area (Å²) in [4.78, 5) is 36.4. The molecule has 0 spiro atoms. The second-order valence-electron chi connectivity index (χ2n) is 5.68. The minimum Gasteiger partial charge on any atom is -0.338 e. The first-order valence-electron chi connectivity index (χ1n) is 8.11. The Labute approximate surface area is 145 Å². The number of carbonyl (C=O) groups is 2. The van der Waals surface area contributed by atoms with Crippen molar-refractivity contribution in [2.45, 2.75) is 0 Å². The van der Waals surface area contributed by atoms with Crippen molar-refractivity contribution in [3.63, 3.8) is 0 Å². The van der Waals surface area contributed by atoms with E-state index in [2.05, 4.69) is 25.5 Å². The second kappa shape index (κ2) is 8.20. The molecule has 1 aromatic heterocycles. The van der Waals surface area contributed by atoms with Crippen molar-refractivity contribution in [3.05, 3.63) is 48.8 Å². The second-order valence-corrected chi connectivity index (χ2v) is 5.68. The Hall–Kier alpha value is -3.00. The first-order chi connectivity index (χ1) is 12.2. The molecule has 2 N–H and O–H groups in total. The molecule has 2 heterocycles. The molecule has 1 saturated heterocycles. The summed E-state index contributed by atoms with van der Waals surface area (Å²) in [6.45, 7) is 3.10. The number of benzene rings is 1. The summed E-state index contributed by atoms with van der Waals surface area (Å²) < 4.78 is 0. The van der Waals surface area contributed by atoms with Gasteiger partial charge in [0.2, 0.25) is 11.9 Å². The van der Waals surface area contributed by atoms with Gasteiger partial charge in [-0.2, -0.15) is 0 Å². The monoisotopic (exact) mass is 340 g/mol. The number of hydrogen-bond donors (Lipinski definition) is 2. The Kier molecular flexibility index (Phi) is 5.53. The lowest BCUT2D eigenvalue weighted by Gasteiger charge is -2.34. The Morgan fingerprint density at radius 2 is 1.64 bits per heavy atom. The molecule has 0 bridgehead atoms. The highest BCUT2D eigenvalue weighted by Gasteiger charge is 2.21. The van der Waals surface area contributed by atoms with Crippen molar-refractivity contribution >= 4 is 23.6 Å². The Morgan fingerprint density at radius 1 is 0.960 bits per heavy atom. The number of imide groups is 1. The first kappa shape index (κ1) is 16.8. The molecular weight excluding hydrogens is 320 g/mol. The highest BCUT2D eigenvalue weighted by molar-refractivity contribution is 6.01. The maximum atomic E-state index is 12.0. The maximum Gasteiger partial charge on any atom is 0.325 e. The fourth-order valence-electron chi connectivity index (χ4n) is 2.61. The highest BCUT2D eigenvalue weighted by Crippen LogP contribution is 2.09. The van der Waals surface area contributed by atoms with E-state index in [-0.39, 0.29) is 12.5 Å². The van der Waals surface area contributed by atoms with Gasteiger partial charge in [0, 0.05) is 44.3 Å². The lowest BCUT2D eigenvalue weighted by molar-refractivity contribution is -0.121. The molecule has 8 heteroatoms. The van der Waals surface area contributed by atoms with Gasteiger partial charge in [-0.15, -0.1) is 0 Å². The fraction of sp³-hybridized carbons (Fsp3) is 0.294. The number of para-hydroxylation sites is 1. The van der Waals surface area contributed by atoms with E-state index in [9.17, 15) is 9.59 Å². The van der Waals surface area contributed by atoms with Crippen LogP contribution >= 0.6 is 0 Å². The fourth-order valence-corrected chi connectivity index (χ4v) is 2.61. The van der Waals surface area contributed by atoms with Gasteiger partial charge >= 0.3 is 6.03 Å². The molecule has 25 heavy (non-hydrogen) atoms. The molecule has 3 rings (SSSR count). The smallest absolute Gasteiger partial charge is 0.325 e. The molecule has 1 fully saturated rings. The Morgan fingerprint density at radius 3 is 2.32 bits per heavy atom. The van der Waals surface area contributed by atoms with Gasteiger partial charge in [-0.05, 0) is 18.2 Å². The molecule has 0 aliphatic carbocycles. The number of hydrogen-bond acceptors (Lipinski definition) is 6. The van der Waals surface area contributed by atoms with Crippen LogP contribution in [0, 0.1) is 0 Å². The number of anilines is 2. The van der Waals surface area contributed by atoms with Crippen LogP contribution in [-0.4, -0.2) is 59.5 Å². The van der Waals surface area contributed by atoms with Crippen LogP contribution in [0.15, 0.2) is 48.8 Å². The van der Waals surface area contributed by atoms with Crippen molar-refractivity contribution in [3.8, 4) is 0 Å². The summed E-state index contributed by atoms with van der Waals surface area (Å²) in [6.07, 6.45) is 3.43. The number of piperazine rings is 1. The van der Waals surface area contributed by atoms with Crippen LogP contribution in [0.25, 0.3) is 0 Å². The van der Waals surface area contributed by atoms with Crippen molar-refractivity contribution in [1.82, 2.24) is 20.2 Å². The lowest BCUT2D eigenvalue weighted by atomic mass is 10.3. The van der Waals surface area contributed by atoms with E-state index >= 15 is 0 Å². The van der Waals surface area contributed by atoms with Gasteiger partial charge in [-0.1, -0.05) is 18.2 Å². The quantitative estimate of drug-likeness (QED) is 0.861. The third kappa shape index (κ3) is 4.98. The van der Waals surface area contributed by atoms with E-state index in [0.29, 0.717) is 24.7 Å². The summed E-state index contributed by atoms with van der Waals surface area (Å²) in [5.74, 6) is 0.381. The maximum absolute atomic E-state index is 12.0. The SMILES string of the molecule is O=C(CN1CCN(c2ncccn2)CC1)NC(=O)Nc1ccccc1. The summed E-state index contributed by atoms with van der Waals surface area (Å²) in [6, 6.07) is 10.3. The summed E-state index contributed by atoms with van der Waals surface area (Å²) >= 11 is 0. The number of aromatic nitrogens is 2. The van der Waals surface area contributed by atoms with Gasteiger partial charge < -0.3 is 10.2 Å². The zero-order chi connectivity index (χ0) is 17.5. The average Bonchev–Trinajstić information content (AvgIpc) is 2.63. The van der Waals surface area contributed by atoms with E-state index in [1.165, 1.54) is 0 Å². The van der Waals surface area contributed by atoms with E-state index in [4.69, 9.17) is 0 Å². The standard InChI is InChI=1S/C17H20N6O2/c24-15(21-17(25)20-14-5-2-1-3-6-14)13-22-9-11-23(12-10-22)16-18-7-4-8-19-16/h1-8H,9-13H2,(H2,20,21,24,25). The lowest BCUT2D eigenvalue weighted by Crippen LogP contribution is -2.50. The molecular formula is C17H20N6O2. The molecule has 0 unspecified atom stereocenters. The largest absolute Gasteiger partial charge is 0.338 e. The van der Waals surface area contributed by atoms with Gasteiger partial charge in [-0.25, -0.2) is 14.8 Å². The minimum absolute atomic E-state index is 0.186. The number of carbonyl (C=O) groups excluding carboxylic acids is 2. The molecule has 2 aromatic rings. The van der Waals surface area contributed by atoms with Crippen LogP contribution < -0.4 is 15.5 Å². The van der Waals surface area contributed by atoms with E-state index in [1.807, 2.05) is 23.1 Å². The van der Waals surface area contributed by atoms with Crippen molar-refractivity contribution in [2.75, 3.05) is 42.9 Å². The van der Waals surface area contributed by atoms with E-state index < -0.39 is 6.03 Å². The predicted octanol–water partition coefficient (Wildman–Crippen LogP) is 0.947. The third-order valence-electron chi connectivity index (χ3n) is 3.86. The van der Waals surface area contributed by atoms with Crippen LogP contribution in [0.1, 0.15) is 0 Å². The van der Waals surface area contributed by atoms with Crippen LogP contribution in [0.2, 0.25) is 0 Å². The predicted molar refractivity (Wildman–Crippen MR) is 94.3 cm³/mol. The normalized spacial score (nSPS) is 14.8. The first-order valence-corrected chi connectivity index (χ1v) is 8.11.